The van der Waals surface area contributed by atoms with Crippen LogP contribution in [0.1, 0.15) is 34.6 Å². The molecule has 1 saturated carbocycles. The summed E-state index contributed by atoms with van der Waals surface area (Å²) in [7, 11) is 2.92. The minimum Gasteiger partial charge on any atom is -0.469 e. The van der Waals surface area contributed by atoms with Gasteiger partial charge in [-0.25, -0.2) is 0 Å². The van der Waals surface area contributed by atoms with E-state index in [9.17, 15) is 14.4 Å². The highest BCUT2D eigenvalue weighted by Crippen LogP contribution is 2.59. The summed E-state index contributed by atoms with van der Waals surface area (Å²) in [5.74, 6) is -0.0673. The first-order valence-electron chi connectivity index (χ1n) is 7.27. The first-order chi connectivity index (χ1) is 10.0. The fourth-order valence-corrected chi connectivity index (χ4v) is 2.63. The fourth-order valence-electron chi connectivity index (χ4n) is 2.63. The zero-order chi connectivity index (χ0) is 17.2. The zero-order valence-electron chi connectivity index (χ0n) is 14.4. The third-order valence-electron chi connectivity index (χ3n) is 4.19. The maximum atomic E-state index is 11.3. The molecule has 5 nitrogen and oxygen atoms in total. The molecule has 5 heteroatoms. The number of methoxy groups -OCH3 is 1. The van der Waals surface area contributed by atoms with Gasteiger partial charge in [0.2, 0.25) is 0 Å². The van der Waals surface area contributed by atoms with Crippen molar-refractivity contribution in [3.63, 3.8) is 0 Å². The molecule has 2 atom stereocenters. The van der Waals surface area contributed by atoms with Gasteiger partial charge in [0.1, 0.15) is 0 Å². The van der Waals surface area contributed by atoms with E-state index >= 15 is 0 Å². The van der Waals surface area contributed by atoms with E-state index in [1.807, 2.05) is 0 Å². The van der Waals surface area contributed by atoms with Gasteiger partial charge in [-0.2, -0.15) is 0 Å². The number of likely N-dealkylation sites (N-methyl/N-ethyl adjacent to an activating group) is 1. The van der Waals surface area contributed by atoms with E-state index in [1.165, 1.54) is 25.8 Å². The largest absolute Gasteiger partial charge is 0.469 e. The Morgan fingerprint density at radius 3 is 2.14 bits per heavy atom. The van der Waals surface area contributed by atoms with Gasteiger partial charge in [0.15, 0.2) is 0 Å². The van der Waals surface area contributed by atoms with Crippen molar-refractivity contribution in [2.24, 2.45) is 17.3 Å². The molecule has 122 valence electrons. The third kappa shape index (κ3) is 3.64. The van der Waals surface area contributed by atoms with Crippen LogP contribution in [0.4, 0.5) is 0 Å². The van der Waals surface area contributed by atoms with Gasteiger partial charge in [-0.3, -0.25) is 19.3 Å². The monoisotopic (exact) mass is 307 g/mol. The molecule has 0 saturated heterocycles. The Bertz CT molecular complexity index is 553. The van der Waals surface area contributed by atoms with E-state index in [0.29, 0.717) is 11.5 Å². The standard InChI is InChI=1S/C11H18O2.C6H7NO2/c1-7(2)6-8-9(10(12)13-5)11(8,3)4;1-4-3-5(8)7(2)6(4)9/h6,8-9H,1-5H3;3H,1-2H3. The van der Waals surface area contributed by atoms with Crippen molar-refractivity contribution in [3.8, 4) is 0 Å². The number of nitrogens with zero attached hydrogens (tertiary/aromatic N) is 1. The summed E-state index contributed by atoms with van der Waals surface area (Å²) in [6.07, 6.45) is 3.50. The molecule has 2 aliphatic rings. The average molecular weight is 307 g/mol. The summed E-state index contributed by atoms with van der Waals surface area (Å²) in [5, 5.41) is 0. The molecule has 1 heterocycles. The number of carbonyl (C=O) groups excluding carboxylic acids is 3. The second kappa shape index (κ2) is 6.46. The Balaban J connectivity index is 0.000000235. The van der Waals surface area contributed by atoms with Crippen LogP contribution in [0, 0.1) is 17.3 Å². The summed E-state index contributed by atoms with van der Waals surface area (Å²) < 4.78 is 4.75. The number of carbonyl (C=O) groups is 3. The second-order valence-electron chi connectivity index (χ2n) is 6.62. The molecule has 0 bridgehead atoms. The first kappa shape index (κ1) is 18.1. The number of ether oxygens (including phenoxy) is 1. The topological polar surface area (TPSA) is 63.7 Å². The van der Waals surface area contributed by atoms with E-state index < -0.39 is 0 Å². The van der Waals surface area contributed by atoms with Crippen molar-refractivity contribution in [2.75, 3.05) is 14.2 Å². The van der Waals surface area contributed by atoms with Crippen molar-refractivity contribution >= 4 is 17.8 Å². The van der Waals surface area contributed by atoms with E-state index in [2.05, 4.69) is 33.8 Å². The minimum atomic E-state index is -0.225. The molecule has 0 aromatic carbocycles. The number of amides is 2. The SMILES string of the molecule is CC1=CC(=O)N(C)C1=O.COC(=O)C1C(C=C(C)C)C1(C)C. The van der Waals surface area contributed by atoms with Gasteiger partial charge in [-0.15, -0.1) is 0 Å². The van der Waals surface area contributed by atoms with Crippen LogP contribution in [-0.4, -0.2) is 36.8 Å². The summed E-state index contributed by atoms with van der Waals surface area (Å²) in [4.78, 5) is 33.8. The number of hydrogen-bond acceptors (Lipinski definition) is 4. The molecular formula is C17H25NO4. The lowest BCUT2D eigenvalue weighted by Gasteiger charge is -2.03. The molecular weight excluding hydrogens is 282 g/mol. The Morgan fingerprint density at radius 2 is 1.86 bits per heavy atom. The molecule has 2 unspecified atom stereocenters. The van der Waals surface area contributed by atoms with Crippen LogP contribution in [0.2, 0.25) is 0 Å². The van der Waals surface area contributed by atoms with Gasteiger partial charge in [0.25, 0.3) is 11.8 Å². The molecule has 0 aromatic rings. The molecule has 1 aliphatic heterocycles. The predicted molar refractivity (Wildman–Crippen MR) is 83.7 cm³/mol. The molecule has 0 N–H and O–H groups in total. The van der Waals surface area contributed by atoms with Crippen LogP contribution in [0.3, 0.4) is 0 Å². The normalized spacial score (nSPS) is 25.0. The van der Waals surface area contributed by atoms with Crippen LogP contribution in [0.5, 0.6) is 0 Å². The Hall–Kier alpha value is -1.91. The summed E-state index contributed by atoms with van der Waals surface area (Å²) in [5.41, 5.74) is 1.87. The molecule has 2 rings (SSSR count). The second-order valence-corrected chi connectivity index (χ2v) is 6.62. The number of hydrogen-bond donors (Lipinski definition) is 0. The lowest BCUT2D eigenvalue weighted by Crippen LogP contribution is -2.25. The van der Waals surface area contributed by atoms with Gasteiger partial charge < -0.3 is 4.74 Å². The third-order valence-corrected chi connectivity index (χ3v) is 4.19. The van der Waals surface area contributed by atoms with Crippen LogP contribution in [0.15, 0.2) is 23.3 Å². The number of esters is 1. The van der Waals surface area contributed by atoms with Crippen molar-refractivity contribution in [2.45, 2.75) is 34.6 Å². The van der Waals surface area contributed by atoms with Gasteiger partial charge in [0.05, 0.1) is 13.0 Å². The average Bonchev–Trinajstić information content (AvgIpc) is 2.88. The Morgan fingerprint density at radius 1 is 1.32 bits per heavy atom. The number of allylic oxidation sites excluding steroid dienone is 2. The van der Waals surface area contributed by atoms with Crippen molar-refractivity contribution in [1.29, 1.82) is 0 Å². The van der Waals surface area contributed by atoms with Crippen LogP contribution in [-0.2, 0) is 19.1 Å². The predicted octanol–water partition coefficient (Wildman–Crippen LogP) is 2.33. The highest BCUT2D eigenvalue weighted by atomic mass is 16.5. The number of rotatable bonds is 2. The Kier molecular flexibility index (Phi) is 5.33. The molecule has 22 heavy (non-hydrogen) atoms. The fraction of sp³-hybridized carbons (Fsp3) is 0.588. The zero-order valence-corrected chi connectivity index (χ0v) is 14.4. The molecule has 0 spiro atoms. The van der Waals surface area contributed by atoms with E-state index in [1.54, 1.807) is 6.92 Å². The first-order valence-corrected chi connectivity index (χ1v) is 7.27. The molecule has 0 radical (unpaired) electrons. The minimum absolute atomic E-state index is 0.0624. The highest BCUT2D eigenvalue weighted by molar-refractivity contribution is 6.15. The van der Waals surface area contributed by atoms with E-state index in [4.69, 9.17) is 4.74 Å². The van der Waals surface area contributed by atoms with Gasteiger partial charge in [-0.1, -0.05) is 25.5 Å². The van der Waals surface area contributed by atoms with Crippen LogP contribution in [0.25, 0.3) is 0 Å². The quantitative estimate of drug-likeness (QED) is 0.446. The molecule has 0 aromatic heterocycles. The molecule has 1 aliphatic carbocycles. The smallest absolute Gasteiger partial charge is 0.309 e. The lowest BCUT2D eigenvalue weighted by atomic mass is 10.1. The highest BCUT2D eigenvalue weighted by Gasteiger charge is 2.61. The Labute approximate surface area is 132 Å². The summed E-state index contributed by atoms with van der Waals surface area (Å²) in [6.45, 7) is 9.96. The van der Waals surface area contributed by atoms with E-state index in [-0.39, 0.29) is 29.1 Å². The van der Waals surface area contributed by atoms with Gasteiger partial charge in [0, 0.05) is 18.7 Å². The van der Waals surface area contributed by atoms with Crippen LogP contribution < -0.4 is 0 Å². The van der Waals surface area contributed by atoms with Gasteiger partial charge >= 0.3 is 5.97 Å². The van der Waals surface area contributed by atoms with Crippen LogP contribution >= 0.6 is 0 Å². The molecule has 2 amide bonds. The summed E-state index contributed by atoms with van der Waals surface area (Å²) >= 11 is 0. The maximum Gasteiger partial charge on any atom is 0.309 e. The van der Waals surface area contributed by atoms with Crippen molar-refractivity contribution < 1.29 is 19.1 Å². The van der Waals surface area contributed by atoms with E-state index in [0.717, 1.165) is 4.90 Å². The molecule has 1 fully saturated rings. The maximum absolute atomic E-state index is 11.3. The number of imide groups is 1. The van der Waals surface area contributed by atoms with Crippen molar-refractivity contribution in [3.05, 3.63) is 23.3 Å². The summed E-state index contributed by atoms with van der Waals surface area (Å²) in [6, 6.07) is 0. The van der Waals surface area contributed by atoms with Gasteiger partial charge in [-0.05, 0) is 32.1 Å². The van der Waals surface area contributed by atoms with Crippen molar-refractivity contribution in [1.82, 2.24) is 4.90 Å². The lowest BCUT2D eigenvalue weighted by molar-refractivity contribution is -0.143.